The van der Waals surface area contributed by atoms with Crippen LogP contribution in [0.15, 0.2) is 54.6 Å². The van der Waals surface area contributed by atoms with Crippen molar-refractivity contribution in [1.82, 2.24) is 0 Å². The maximum atomic E-state index is 12.0. The molecule has 22 heavy (non-hydrogen) atoms. The van der Waals surface area contributed by atoms with Crippen molar-refractivity contribution in [2.75, 3.05) is 7.11 Å². The molecule has 2 aromatic carbocycles. The maximum Gasteiger partial charge on any atom is 0.309 e. The summed E-state index contributed by atoms with van der Waals surface area (Å²) < 4.78 is 4.64. The highest BCUT2D eigenvalue weighted by Gasteiger charge is 2.06. The fraction of sp³-hybridized carbons (Fsp3) is 0.263. The van der Waals surface area contributed by atoms with Gasteiger partial charge in [0.1, 0.15) is 0 Å². The number of ketones is 1. The smallest absolute Gasteiger partial charge is 0.309 e. The summed E-state index contributed by atoms with van der Waals surface area (Å²) in [4.78, 5) is 23.2. The van der Waals surface area contributed by atoms with Gasteiger partial charge in [0, 0.05) is 12.0 Å². The summed E-state index contributed by atoms with van der Waals surface area (Å²) in [5.41, 5.74) is 2.89. The molecule has 0 heterocycles. The second-order valence-corrected chi connectivity index (χ2v) is 5.21. The fourth-order valence-corrected chi connectivity index (χ4v) is 2.28. The summed E-state index contributed by atoms with van der Waals surface area (Å²) in [6.07, 6.45) is 2.53. The Labute approximate surface area is 130 Å². The minimum Gasteiger partial charge on any atom is -0.469 e. The van der Waals surface area contributed by atoms with Gasteiger partial charge in [-0.15, -0.1) is 0 Å². The number of hydrogen-bond donors (Lipinski definition) is 0. The van der Waals surface area contributed by atoms with Crippen molar-refractivity contribution in [2.24, 2.45) is 0 Å². The number of carbonyl (C=O) groups is 2. The van der Waals surface area contributed by atoms with Gasteiger partial charge in [0.05, 0.1) is 13.5 Å². The van der Waals surface area contributed by atoms with Crippen LogP contribution in [0.3, 0.4) is 0 Å². The molecule has 114 valence electrons. The lowest BCUT2D eigenvalue weighted by Gasteiger charge is -2.04. The third-order valence-electron chi connectivity index (χ3n) is 3.56. The predicted octanol–water partition coefficient (Wildman–Crippen LogP) is 3.61. The number of Topliss-reactive ketones (excluding diaryl/α,β-unsaturated/α-hetero) is 1. The van der Waals surface area contributed by atoms with Crippen LogP contribution in [-0.4, -0.2) is 18.9 Å². The highest BCUT2D eigenvalue weighted by Crippen LogP contribution is 2.11. The Bertz CT molecular complexity index is 615. The van der Waals surface area contributed by atoms with E-state index in [0.29, 0.717) is 12.8 Å². The Morgan fingerprint density at radius 1 is 0.909 bits per heavy atom. The van der Waals surface area contributed by atoms with Crippen LogP contribution in [0.25, 0.3) is 0 Å². The van der Waals surface area contributed by atoms with Crippen LogP contribution in [0.1, 0.15) is 34.3 Å². The molecule has 2 rings (SSSR count). The Morgan fingerprint density at radius 2 is 1.55 bits per heavy atom. The molecule has 3 nitrogen and oxygen atoms in total. The van der Waals surface area contributed by atoms with Crippen LogP contribution in [0.5, 0.6) is 0 Å². The van der Waals surface area contributed by atoms with Gasteiger partial charge in [0.2, 0.25) is 0 Å². The van der Waals surface area contributed by atoms with Gasteiger partial charge < -0.3 is 4.74 Å². The largest absolute Gasteiger partial charge is 0.469 e. The maximum absolute atomic E-state index is 12.0. The lowest BCUT2D eigenvalue weighted by molar-refractivity contribution is -0.139. The van der Waals surface area contributed by atoms with E-state index in [1.165, 1.54) is 12.7 Å². The van der Waals surface area contributed by atoms with Crippen molar-refractivity contribution in [2.45, 2.75) is 25.7 Å². The van der Waals surface area contributed by atoms with E-state index in [4.69, 9.17) is 0 Å². The normalized spacial score (nSPS) is 10.2. The quantitative estimate of drug-likeness (QED) is 0.579. The van der Waals surface area contributed by atoms with Crippen LogP contribution in [0.2, 0.25) is 0 Å². The van der Waals surface area contributed by atoms with E-state index in [0.717, 1.165) is 24.0 Å². The molecule has 0 spiro atoms. The second-order valence-electron chi connectivity index (χ2n) is 5.21. The third-order valence-corrected chi connectivity index (χ3v) is 3.56. The molecule has 0 saturated carbocycles. The third kappa shape index (κ3) is 4.85. The number of hydrogen-bond acceptors (Lipinski definition) is 3. The first-order valence-electron chi connectivity index (χ1n) is 7.42. The van der Waals surface area contributed by atoms with E-state index in [1.54, 1.807) is 0 Å². The standard InChI is InChI=1S/C19H20O3/c1-22-19(21)14-16-12-10-15(11-13-16)6-5-9-18(20)17-7-3-2-4-8-17/h2-4,7-8,10-13H,5-6,9,14H2,1H3. The van der Waals surface area contributed by atoms with Crippen molar-refractivity contribution in [1.29, 1.82) is 0 Å². The Hall–Kier alpha value is -2.42. The second kappa shape index (κ2) is 8.13. The molecule has 0 aromatic heterocycles. The molecule has 2 aromatic rings. The zero-order valence-electron chi connectivity index (χ0n) is 12.7. The van der Waals surface area contributed by atoms with Crippen molar-refractivity contribution >= 4 is 11.8 Å². The van der Waals surface area contributed by atoms with Crippen molar-refractivity contribution in [3.05, 3.63) is 71.3 Å². The number of esters is 1. The van der Waals surface area contributed by atoms with E-state index in [2.05, 4.69) is 4.74 Å². The van der Waals surface area contributed by atoms with Gasteiger partial charge >= 0.3 is 5.97 Å². The molecular formula is C19H20O3. The molecule has 0 aliphatic carbocycles. The van der Waals surface area contributed by atoms with Gasteiger partial charge in [0.25, 0.3) is 0 Å². The summed E-state index contributed by atoms with van der Waals surface area (Å²) in [5.74, 6) is -0.0517. The predicted molar refractivity (Wildman–Crippen MR) is 85.9 cm³/mol. The van der Waals surface area contributed by atoms with Crippen LogP contribution in [-0.2, 0) is 22.4 Å². The molecule has 0 bridgehead atoms. The van der Waals surface area contributed by atoms with Gasteiger partial charge in [-0.05, 0) is 24.0 Å². The average Bonchev–Trinajstić information content (AvgIpc) is 2.57. The number of rotatable bonds is 7. The first-order valence-corrected chi connectivity index (χ1v) is 7.42. The molecule has 0 radical (unpaired) electrons. The highest BCUT2D eigenvalue weighted by molar-refractivity contribution is 5.95. The van der Waals surface area contributed by atoms with E-state index in [-0.39, 0.29) is 11.8 Å². The molecule has 0 aliphatic rings. The highest BCUT2D eigenvalue weighted by atomic mass is 16.5. The molecule has 0 aliphatic heterocycles. The minimum absolute atomic E-state index is 0.183. The molecule has 0 fully saturated rings. The molecule has 0 atom stereocenters. The number of carbonyl (C=O) groups excluding carboxylic acids is 2. The van der Waals surface area contributed by atoms with Crippen molar-refractivity contribution in [3.63, 3.8) is 0 Å². The molecule has 3 heteroatoms. The summed E-state index contributed by atoms with van der Waals surface area (Å²) in [7, 11) is 1.39. The van der Waals surface area contributed by atoms with Gasteiger partial charge in [-0.3, -0.25) is 9.59 Å². The van der Waals surface area contributed by atoms with Crippen LogP contribution in [0.4, 0.5) is 0 Å². The fourth-order valence-electron chi connectivity index (χ4n) is 2.28. The van der Waals surface area contributed by atoms with Gasteiger partial charge in [-0.25, -0.2) is 0 Å². The summed E-state index contributed by atoms with van der Waals surface area (Å²) in [5, 5.41) is 0. The first kappa shape index (κ1) is 16.0. The Morgan fingerprint density at radius 3 is 2.18 bits per heavy atom. The zero-order chi connectivity index (χ0) is 15.8. The van der Waals surface area contributed by atoms with Crippen molar-refractivity contribution in [3.8, 4) is 0 Å². The average molecular weight is 296 g/mol. The Kier molecular flexibility index (Phi) is 5.90. The van der Waals surface area contributed by atoms with Crippen LogP contribution < -0.4 is 0 Å². The lowest BCUT2D eigenvalue weighted by Crippen LogP contribution is -2.04. The van der Waals surface area contributed by atoms with Gasteiger partial charge in [-0.1, -0.05) is 54.6 Å². The Balaban J connectivity index is 1.80. The summed E-state index contributed by atoms with van der Waals surface area (Å²) in [6.45, 7) is 0. The molecule has 0 amide bonds. The SMILES string of the molecule is COC(=O)Cc1ccc(CCCC(=O)c2ccccc2)cc1. The van der Waals surface area contributed by atoms with Crippen molar-refractivity contribution < 1.29 is 14.3 Å². The first-order chi connectivity index (χ1) is 10.7. The molecule has 0 saturated heterocycles. The minimum atomic E-state index is -0.235. The molecule has 0 N–H and O–H groups in total. The summed E-state index contributed by atoms with van der Waals surface area (Å²) >= 11 is 0. The zero-order valence-corrected chi connectivity index (χ0v) is 12.7. The van der Waals surface area contributed by atoms with Crippen LogP contribution in [0, 0.1) is 0 Å². The molecule has 0 unspecified atom stereocenters. The molecular weight excluding hydrogens is 276 g/mol. The lowest BCUT2D eigenvalue weighted by atomic mass is 10.0. The van der Waals surface area contributed by atoms with Gasteiger partial charge in [0.15, 0.2) is 5.78 Å². The number of ether oxygens (including phenoxy) is 1. The monoisotopic (exact) mass is 296 g/mol. The van der Waals surface area contributed by atoms with Crippen LogP contribution >= 0.6 is 0 Å². The van der Waals surface area contributed by atoms with E-state index in [1.807, 2.05) is 54.6 Å². The number of benzene rings is 2. The van der Waals surface area contributed by atoms with E-state index in [9.17, 15) is 9.59 Å². The summed E-state index contributed by atoms with van der Waals surface area (Å²) in [6, 6.07) is 17.3. The number of methoxy groups -OCH3 is 1. The van der Waals surface area contributed by atoms with E-state index < -0.39 is 0 Å². The topological polar surface area (TPSA) is 43.4 Å². The van der Waals surface area contributed by atoms with E-state index >= 15 is 0 Å². The van der Waals surface area contributed by atoms with Gasteiger partial charge in [-0.2, -0.15) is 0 Å². The number of aryl methyl sites for hydroxylation is 1.